The van der Waals surface area contributed by atoms with Crippen LogP contribution in [-0.4, -0.2) is 57.3 Å². The third-order valence-electron chi connectivity index (χ3n) is 8.22. The molecular weight excluding hydrogens is 569 g/mol. The van der Waals surface area contributed by atoms with Crippen molar-refractivity contribution in [3.05, 3.63) is 58.2 Å². The number of nitrogens with zero attached hydrogens (tertiary/aromatic N) is 4. The molecule has 9 nitrogen and oxygen atoms in total. The molecule has 0 amide bonds. The van der Waals surface area contributed by atoms with Gasteiger partial charge in [-0.2, -0.15) is 5.26 Å². The van der Waals surface area contributed by atoms with E-state index in [9.17, 15) is 15.2 Å². The van der Waals surface area contributed by atoms with E-state index in [4.69, 9.17) is 25.7 Å². The van der Waals surface area contributed by atoms with Gasteiger partial charge in [0.1, 0.15) is 18.0 Å². The van der Waals surface area contributed by atoms with Gasteiger partial charge >= 0.3 is 7.41 Å². The zero-order valence-electron chi connectivity index (χ0n) is 25.1. The summed E-state index contributed by atoms with van der Waals surface area (Å²) in [6.07, 6.45) is 2.38. The van der Waals surface area contributed by atoms with Crippen LogP contribution in [0.5, 0.6) is 5.75 Å². The molecular formula is C30H36BClN5O4Si. The Morgan fingerprint density at radius 1 is 1.31 bits per heavy atom. The van der Waals surface area contributed by atoms with Crippen molar-refractivity contribution < 1.29 is 19.1 Å². The summed E-state index contributed by atoms with van der Waals surface area (Å²) in [6, 6.07) is 11.2. The molecule has 1 aliphatic heterocycles. The number of aliphatic hydroxyl groups is 1. The molecule has 1 aliphatic rings. The van der Waals surface area contributed by atoms with Crippen molar-refractivity contribution in [2.24, 2.45) is 0 Å². The topological polar surface area (TPSA) is 121 Å². The maximum absolute atomic E-state index is 11.6. The molecule has 0 aliphatic carbocycles. The standard InChI is InChI=1S/C30H36BClN5O4Si/c1-29(2,3)42(6,7)41-17-30(4)16-37(31-18-39)27-20(14-33)10-19(11-22(27)30)24-8-9-34-28(35-24)36-25-13-23(32)21(15-38)12-26(25)40-5/h8-13,18,38H,15-17H2,1-7H3,(H,34,35,36). The minimum absolute atomic E-state index is 0.0365. The summed E-state index contributed by atoms with van der Waals surface area (Å²) in [4.78, 5) is 22.5. The monoisotopic (exact) mass is 604 g/mol. The summed E-state index contributed by atoms with van der Waals surface area (Å²) in [5.41, 5.74) is 4.03. The van der Waals surface area contributed by atoms with Crippen molar-refractivity contribution in [1.29, 1.82) is 5.26 Å². The number of fused-ring (bicyclic) bond motifs is 1. The number of nitrogens with one attached hydrogen (secondary N) is 1. The number of aromatic nitrogens is 2. The van der Waals surface area contributed by atoms with Crippen LogP contribution in [0.3, 0.4) is 0 Å². The molecule has 1 aromatic heterocycles. The molecule has 4 rings (SSSR count). The van der Waals surface area contributed by atoms with E-state index in [0.29, 0.717) is 58.1 Å². The van der Waals surface area contributed by atoms with Gasteiger partial charge in [0, 0.05) is 41.0 Å². The molecule has 2 aromatic carbocycles. The summed E-state index contributed by atoms with van der Waals surface area (Å²) >= 11 is 6.32. The van der Waals surface area contributed by atoms with Gasteiger partial charge < -0.3 is 29.2 Å². The maximum Gasteiger partial charge on any atom is 0.329 e. The summed E-state index contributed by atoms with van der Waals surface area (Å²) in [7, 11) is 0.933. The molecule has 219 valence electrons. The molecule has 2 N–H and O–H groups in total. The Kier molecular flexibility index (Phi) is 9.04. The van der Waals surface area contributed by atoms with Gasteiger partial charge in [-0.05, 0) is 59.6 Å². The second-order valence-corrected chi connectivity index (χ2v) is 17.5. The molecule has 12 heteroatoms. The zero-order chi connectivity index (χ0) is 30.9. The predicted octanol–water partition coefficient (Wildman–Crippen LogP) is 5.82. The van der Waals surface area contributed by atoms with Crippen LogP contribution < -0.4 is 14.9 Å². The molecule has 0 bridgehead atoms. The number of methoxy groups -OCH3 is 1. The number of hydrogen-bond acceptors (Lipinski definition) is 9. The number of anilines is 3. The number of hydrogen-bond donors (Lipinski definition) is 2. The van der Waals surface area contributed by atoms with E-state index >= 15 is 0 Å². The molecule has 3 aromatic rings. The third-order valence-corrected chi connectivity index (χ3v) is 13.1. The number of benzene rings is 2. The van der Waals surface area contributed by atoms with Crippen LogP contribution >= 0.6 is 11.6 Å². The molecule has 2 heterocycles. The largest absolute Gasteiger partial charge is 0.495 e. The van der Waals surface area contributed by atoms with Crippen molar-refractivity contribution in [3.63, 3.8) is 0 Å². The maximum atomic E-state index is 11.6. The van der Waals surface area contributed by atoms with Gasteiger partial charge in [0.05, 0.1) is 30.7 Å². The van der Waals surface area contributed by atoms with Crippen LogP contribution in [0, 0.1) is 11.3 Å². The lowest BCUT2D eigenvalue weighted by Crippen LogP contribution is -2.46. The quantitative estimate of drug-likeness (QED) is 0.218. The van der Waals surface area contributed by atoms with Gasteiger partial charge in [0.15, 0.2) is 8.32 Å². The van der Waals surface area contributed by atoms with Gasteiger partial charge in [-0.15, -0.1) is 0 Å². The highest BCUT2D eigenvalue weighted by atomic mass is 35.5. The average molecular weight is 605 g/mol. The Labute approximate surface area is 254 Å². The number of carbonyl (C=O) groups is 1. The molecule has 1 atom stereocenters. The highest BCUT2D eigenvalue weighted by Crippen LogP contribution is 2.46. The first-order valence-electron chi connectivity index (χ1n) is 13.6. The van der Waals surface area contributed by atoms with Crippen molar-refractivity contribution in [2.75, 3.05) is 30.4 Å². The van der Waals surface area contributed by atoms with E-state index in [1.807, 2.05) is 10.9 Å². The Morgan fingerprint density at radius 2 is 2.05 bits per heavy atom. The van der Waals surface area contributed by atoms with E-state index in [0.717, 1.165) is 17.3 Å². The number of carbonyl (C=O) groups excluding carboxylic acids is 1. The van der Waals surface area contributed by atoms with E-state index in [-0.39, 0.29) is 11.6 Å². The fourth-order valence-electron chi connectivity index (χ4n) is 4.74. The molecule has 1 unspecified atom stereocenters. The fourth-order valence-corrected chi connectivity index (χ4v) is 6.08. The Bertz CT molecular complexity index is 1540. The summed E-state index contributed by atoms with van der Waals surface area (Å²) < 4.78 is 12.1. The van der Waals surface area contributed by atoms with Crippen LogP contribution in [0.4, 0.5) is 17.3 Å². The van der Waals surface area contributed by atoms with E-state index < -0.39 is 13.7 Å². The Balaban J connectivity index is 1.75. The zero-order valence-corrected chi connectivity index (χ0v) is 26.8. The van der Waals surface area contributed by atoms with Crippen molar-refractivity contribution in [1.82, 2.24) is 9.97 Å². The van der Waals surface area contributed by atoms with Gasteiger partial charge in [-0.1, -0.05) is 39.3 Å². The van der Waals surface area contributed by atoms with E-state index in [1.165, 1.54) is 14.5 Å². The number of rotatable bonds is 10. The number of halogens is 1. The highest BCUT2D eigenvalue weighted by molar-refractivity contribution is 6.74. The van der Waals surface area contributed by atoms with Gasteiger partial charge in [-0.3, -0.25) is 0 Å². The van der Waals surface area contributed by atoms with Crippen molar-refractivity contribution in [2.45, 2.75) is 57.8 Å². The number of nitriles is 1. The van der Waals surface area contributed by atoms with Crippen LogP contribution in [0.1, 0.15) is 44.4 Å². The van der Waals surface area contributed by atoms with Crippen LogP contribution in [0.2, 0.25) is 23.2 Å². The smallest absolute Gasteiger partial charge is 0.329 e. The summed E-state index contributed by atoms with van der Waals surface area (Å²) in [6.45, 7) is 13.9. The lowest BCUT2D eigenvalue weighted by atomic mass is 9.83. The SMILES string of the molecule is COc1cc(CO)c(Cl)cc1Nc1nccc(-c2cc(C#N)c3c(c2)C(C)(CO[Si](C)(C)C(C)(C)C)CN3[B]C=O)n1. The van der Waals surface area contributed by atoms with Crippen LogP contribution in [-0.2, 0) is 21.2 Å². The minimum Gasteiger partial charge on any atom is -0.495 e. The first-order valence-corrected chi connectivity index (χ1v) is 16.9. The number of ether oxygens (including phenoxy) is 1. The first kappa shape index (κ1) is 31.5. The fraction of sp³-hybridized carbons (Fsp3) is 0.400. The van der Waals surface area contributed by atoms with Gasteiger partial charge in [0.25, 0.3) is 0 Å². The third kappa shape index (κ3) is 6.17. The molecule has 0 saturated carbocycles. The lowest BCUT2D eigenvalue weighted by molar-refractivity contribution is 0.219. The molecule has 0 fully saturated rings. The second kappa shape index (κ2) is 12.1. The van der Waals surface area contributed by atoms with Crippen molar-refractivity contribution in [3.8, 4) is 23.1 Å². The molecule has 42 heavy (non-hydrogen) atoms. The highest BCUT2D eigenvalue weighted by Gasteiger charge is 2.44. The van der Waals surface area contributed by atoms with Crippen molar-refractivity contribution >= 4 is 50.8 Å². The second-order valence-electron chi connectivity index (χ2n) is 12.2. The van der Waals surface area contributed by atoms with E-state index in [2.05, 4.69) is 57.2 Å². The average Bonchev–Trinajstić information content (AvgIpc) is 3.23. The first-order chi connectivity index (χ1) is 19.8. The van der Waals surface area contributed by atoms with Crippen LogP contribution in [0.25, 0.3) is 11.3 Å². The Hall–Kier alpha value is -3.43. The summed E-state index contributed by atoms with van der Waals surface area (Å²) in [5.74, 6) is 0.781. The minimum atomic E-state index is -2.07. The number of aliphatic hydroxyl groups excluding tert-OH is 1. The lowest BCUT2D eigenvalue weighted by Gasteiger charge is -2.39. The normalized spacial score (nSPS) is 16.5. The summed E-state index contributed by atoms with van der Waals surface area (Å²) in [5, 5.41) is 23.3. The molecule has 0 saturated heterocycles. The molecule has 1 radical (unpaired) electrons. The van der Waals surface area contributed by atoms with Crippen LogP contribution in [0.15, 0.2) is 36.5 Å². The Morgan fingerprint density at radius 3 is 2.67 bits per heavy atom. The molecule has 0 spiro atoms. The van der Waals surface area contributed by atoms with E-state index in [1.54, 1.807) is 30.5 Å². The van der Waals surface area contributed by atoms with Gasteiger partial charge in [0.2, 0.25) is 5.95 Å². The van der Waals surface area contributed by atoms with Gasteiger partial charge in [-0.25, -0.2) is 9.97 Å². The predicted molar refractivity (Wildman–Crippen MR) is 170 cm³/mol.